The average molecular weight is 722 g/mol. The molecule has 0 unspecified atom stereocenters. The number of hydrogen-bond acceptors (Lipinski definition) is 6. The highest BCUT2D eigenvalue weighted by atomic mass is 32.1. The minimum absolute atomic E-state index is 0.650. The monoisotopic (exact) mass is 721 g/mol. The molecule has 258 valence electrons. The maximum Gasteiger partial charge on any atom is 0.164 e. The van der Waals surface area contributed by atoms with Crippen LogP contribution in [0.4, 0.5) is 0 Å². The van der Waals surface area contributed by atoms with Gasteiger partial charge in [0, 0.05) is 53.6 Å². The lowest BCUT2D eigenvalue weighted by Crippen LogP contribution is -1.99. The molecular formula is C49H31N5S. The molecule has 0 radical (unpaired) electrons. The number of nitrogens with zero attached hydrogens (tertiary/aromatic N) is 5. The predicted molar refractivity (Wildman–Crippen MR) is 226 cm³/mol. The first-order valence-electron chi connectivity index (χ1n) is 18.2. The van der Waals surface area contributed by atoms with Crippen LogP contribution >= 0.6 is 11.3 Å². The van der Waals surface area contributed by atoms with Crippen LogP contribution in [0.2, 0.25) is 0 Å². The van der Waals surface area contributed by atoms with E-state index in [1.807, 2.05) is 97.1 Å². The second-order valence-electron chi connectivity index (χ2n) is 13.3. The number of thiophene rings is 1. The van der Waals surface area contributed by atoms with E-state index in [4.69, 9.17) is 24.9 Å². The molecule has 7 aromatic carbocycles. The second-order valence-corrected chi connectivity index (χ2v) is 14.4. The van der Waals surface area contributed by atoms with Gasteiger partial charge in [-0.3, -0.25) is 0 Å². The lowest BCUT2D eigenvalue weighted by molar-refractivity contribution is 1.07. The zero-order valence-electron chi connectivity index (χ0n) is 29.5. The maximum atomic E-state index is 5.04. The largest absolute Gasteiger partial charge is 0.228 e. The van der Waals surface area contributed by atoms with E-state index in [2.05, 4.69) is 91.0 Å². The van der Waals surface area contributed by atoms with Crippen molar-refractivity contribution in [1.29, 1.82) is 0 Å². The van der Waals surface area contributed by atoms with Gasteiger partial charge in [0.1, 0.15) is 0 Å². The van der Waals surface area contributed by atoms with Crippen molar-refractivity contribution in [2.24, 2.45) is 0 Å². The molecule has 0 fully saturated rings. The molecule has 0 spiro atoms. The zero-order chi connectivity index (χ0) is 36.6. The molecule has 55 heavy (non-hydrogen) atoms. The lowest BCUT2D eigenvalue weighted by Gasteiger charge is -2.10. The van der Waals surface area contributed by atoms with E-state index in [9.17, 15) is 0 Å². The molecule has 0 bridgehead atoms. The van der Waals surface area contributed by atoms with Crippen LogP contribution < -0.4 is 0 Å². The van der Waals surface area contributed by atoms with Crippen LogP contribution in [0, 0.1) is 0 Å². The molecule has 0 saturated heterocycles. The zero-order valence-corrected chi connectivity index (χ0v) is 30.4. The van der Waals surface area contributed by atoms with Crippen LogP contribution in [-0.2, 0) is 0 Å². The Morgan fingerprint density at radius 2 is 0.727 bits per heavy atom. The quantitative estimate of drug-likeness (QED) is 0.164. The molecule has 0 aliphatic heterocycles. The van der Waals surface area contributed by atoms with Crippen LogP contribution in [0.15, 0.2) is 188 Å². The standard InChI is InChI=1S/C49H31N5S/c1-5-14-33(15-6-1)42-31-43(34-16-7-2-8-17-34)51-46(50-42)37-26-24-32(25-27-37)39-22-13-23-41-40-29-28-38(30-44(40)55-45(39)41)49-53-47(35-18-9-3-10-19-35)52-48(54-49)36-20-11-4-12-21-36/h1-31H. The Hall–Kier alpha value is -7.15. The maximum absolute atomic E-state index is 5.04. The van der Waals surface area contributed by atoms with E-state index in [-0.39, 0.29) is 0 Å². The van der Waals surface area contributed by atoms with Crippen LogP contribution in [0.5, 0.6) is 0 Å². The van der Waals surface area contributed by atoms with Gasteiger partial charge in [-0.05, 0) is 23.3 Å². The predicted octanol–water partition coefficient (Wildman–Crippen LogP) is 12.7. The summed E-state index contributed by atoms with van der Waals surface area (Å²) in [5.41, 5.74) is 10.1. The molecule has 3 heterocycles. The molecule has 5 nitrogen and oxygen atoms in total. The van der Waals surface area contributed by atoms with Crippen molar-refractivity contribution in [2.45, 2.75) is 0 Å². The molecule has 10 rings (SSSR count). The van der Waals surface area contributed by atoms with Gasteiger partial charge in [-0.25, -0.2) is 24.9 Å². The van der Waals surface area contributed by atoms with Crippen molar-refractivity contribution < 1.29 is 0 Å². The summed E-state index contributed by atoms with van der Waals surface area (Å²) in [6, 6.07) is 64.6. The van der Waals surface area contributed by atoms with Gasteiger partial charge in [0.05, 0.1) is 11.4 Å². The summed E-state index contributed by atoms with van der Waals surface area (Å²) in [5.74, 6) is 2.65. The number of hydrogen-bond donors (Lipinski definition) is 0. The Morgan fingerprint density at radius 3 is 1.27 bits per heavy atom. The first-order valence-corrected chi connectivity index (χ1v) is 19.0. The van der Waals surface area contributed by atoms with E-state index in [0.29, 0.717) is 23.3 Å². The van der Waals surface area contributed by atoms with E-state index in [1.54, 1.807) is 11.3 Å². The highest BCUT2D eigenvalue weighted by molar-refractivity contribution is 7.26. The third kappa shape index (κ3) is 6.35. The number of aromatic nitrogens is 5. The summed E-state index contributed by atoms with van der Waals surface area (Å²) in [7, 11) is 0. The van der Waals surface area contributed by atoms with Crippen LogP contribution in [-0.4, -0.2) is 24.9 Å². The molecule has 0 N–H and O–H groups in total. The molecule has 10 aromatic rings. The van der Waals surface area contributed by atoms with Crippen molar-refractivity contribution in [2.75, 3.05) is 0 Å². The lowest BCUT2D eigenvalue weighted by atomic mass is 10.0. The van der Waals surface area contributed by atoms with Gasteiger partial charge in [0.2, 0.25) is 0 Å². The Balaban J connectivity index is 1.03. The highest BCUT2D eigenvalue weighted by Crippen LogP contribution is 2.41. The fraction of sp³-hybridized carbons (Fsp3) is 0. The van der Waals surface area contributed by atoms with Gasteiger partial charge in [0.25, 0.3) is 0 Å². The van der Waals surface area contributed by atoms with Gasteiger partial charge >= 0.3 is 0 Å². The third-order valence-electron chi connectivity index (χ3n) is 9.78. The van der Waals surface area contributed by atoms with E-state index in [0.717, 1.165) is 50.3 Å². The summed E-state index contributed by atoms with van der Waals surface area (Å²) in [4.78, 5) is 24.9. The molecule has 3 aromatic heterocycles. The van der Waals surface area contributed by atoms with Gasteiger partial charge in [0.15, 0.2) is 23.3 Å². The van der Waals surface area contributed by atoms with Crippen LogP contribution in [0.1, 0.15) is 0 Å². The summed E-state index contributed by atoms with van der Waals surface area (Å²) >= 11 is 1.80. The highest BCUT2D eigenvalue weighted by Gasteiger charge is 2.16. The van der Waals surface area contributed by atoms with E-state index >= 15 is 0 Å². The van der Waals surface area contributed by atoms with E-state index < -0.39 is 0 Å². The van der Waals surface area contributed by atoms with Gasteiger partial charge < -0.3 is 0 Å². The number of fused-ring (bicyclic) bond motifs is 3. The van der Waals surface area contributed by atoms with Gasteiger partial charge in [-0.1, -0.05) is 176 Å². The molecular weight excluding hydrogens is 691 g/mol. The SMILES string of the molecule is c1ccc(-c2cc(-c3ccccc3)nc(-c3ccc(-c4cccc5c4sc4cc(-c6nc(-c7ccccc7)nc(-c7ccccc7)n6)ccc45)cc3)n2)cc1. The first kappa shape index (κ1) is 32.5. The Labute approximate surface area is 322 Å². The normalized spacial score (nSPS) is 11.3. The molecule has 0 aliphatic rings. The van der Waals surface area contributed by atoms with Crippen molar-refractivity contribution >= 4 is 31.5 Å². The molecule has 6 heteroatoms. The van der Waals surface area contributed by atoms with Crippen molar-refractivity contribution in [3.05, 3.63) is 188 Å². The van der Waals surface area contributed by atoms with Crippen molar-refractivity contribution in [1.82, 2.24) is 24.9 Å². The fourth-order valence-corrected chi connectivity index (χ4v) is 8.27. The van der Waals surface area contributed by atoms with Crippen LogP contribution in [0.3, 0.4) is 0 Å². The Bertz CT molecular complexity index is 2830. The summed E-state index contributed by atoms with van der Waals surface area (Å²) < 4.78 is 2.42. The molecule has 0 atom stereocenters. The minimum atomic E-state index is 0.650. The fourth-order valence-electron chi connectivity index (χ4n) is 6.99. The third-order valence-corrected chi connectivity index (χ3v) is 11.0. The van der Waals surface area contributed by atoms with Crippen molar-refractivity contribution in [3.63, 3.8) is 0 Å². The number of benzene rings is 7. The smallest absolute Gasteiger partial charge is 0.164 e. The Morgan fingerprint density at radius 1 is 0.291 bits per heavy atom. The summed E-state index contributed by atoms with van der Waals surface area (Å²) in [6.45, 7) is 0. The Kier molecular flexibility index (Phi) is 8.28. The topological polar surface area (TPSA) is 64.5 Å². The summed E-state index contributed by atoms with van der Waals surface area (Å²) in [5, 5.41) is 2.44. The van der Waals surface area contributed by atoms with Crippen LogP contribution in [0.25, 0.3) is 99.4 Å². The minimum Gasteiger partial charge on any atom is -0.228 e. The molecule has 0 aliphatic carbocycles. The number of rotatable bonds is 7. The summed E-state index contributed by atoms with van der Waals surface area (Å²) in [6.07, 6.45) is 0. The first-order chi connectivity index (χ1) is 27.2. The average Bonchev–Trinajstić information content (AvgIpc) is 3.66. The van der Waals surface area contributed by atoms with Gasteiger partial charge in [-0.2, -0.15) is 0 Å². The van der Waals surface area contributed by atoms with E-state index in [1.165, 1.54) is 25.7 Å². The molecule has 0 saturated carbocycles. The second kappa shape index (κ2) is 14.0. The van der Waals surface area contributed by atoms with Crippen molar-refractivity contribution in [3.8, 4) is 79.2 Å². The molecule has 0 amide bonds. The van der Waals surface area contributed by atoms with Gasteiger partial charge in [-0.15, -0.1) is 11.3 Å².